The van der Waals surface area contributed by atoms with Crippen LogP contribution in [-0.2, 0) is 4.79 Å². The summed E-state index contributed by atoms with van der Waals surface area (Å²) in [6.45, 7) is 2.22. The molecule has 0 rings (SSSR count). The molecule has 0 heterocycles. The molecule has 0 aliphatic rings. The lowest BCUT2D eigenvalue weighted by Crippen LogP contribution is -2.20. The van der Waals surface area contributed by atoms with Gasteiger partial charge in [-0.05, 0) is 44.9 Å². The predicted octanol–water partition coefficient (Wildman–Crippen LogP) is 5.72. The maximum Gasteiger partial charge on any atom is 0.278 e. The molecule has 0 amide bonds. The summed E-state index contributed by atoms with van der Waals surface area (Å²) in [6, 6.07) is -1.15. The minimum Gasteiger partial charge on any atom is -0.283 e. The van der Waals surface area contributed by atoms with Crippen molar-refractivity contribution in [2.24, 2.45) is 0 Å². The van der Waals surface area contributed by atoms with Crippen LogP contribution < -0.4 is 0 Å². The summed E-state index contributed by atoms with van der Waals surface area (Å²) in [4.78, 5) is 20.2. The molecule has 24 heavy (non-hydrogen) atoms. The third-order valence-electron chi connectivity index (χ3n) is 3.76. The van der Waals surface area contributed by atoms with Gasteiger partial charge in [-0.3, -0.25) is 14.9 Å². The second kappa shape index (κ2) is 17.6. The van der Waals surface area contributed by atoms with E-state index in [0.29, 0.717) is 12.8 Å². The van der Waals surface area contributed by atoms with Crippen LogP contribution in [0.15, 0.2) is 36.5 Å². The molecule has 0 fully saturated rings. The highest BCUT2D eigenvalue weighted by molar-refractivity contribution is 5.56. The number of carbonyl (C=O) groups excluding carboxylic acids is 1. The van der Waals surface area contributed by atoms with Crippen LogP contribution in [0.2, 0.25) is 0 Å². The van der Waals surface area contributed by atoms with E-state index in [0.717, 1.165) is 32.1 Å². The summed E-state index contributed by atoms with van der Waals surface area (Å²) in [5, 5.41) is 10.4. The SMILES string of the molecule is CCCCC/C=C/C/C=C/C/C=C/CCCCCC([C]=O)[N+](=O)[O-]. The Morgan fingerprint density at radius 3 is 1.92 bits per heavy atom. The standard InChI is InChI=1S/C20H32NO3/c1-2-3-4-5-6-7-8-9-10-11-12-13-14-15-16-17-18-20(19-22)21(23)24/h6-7,9-10,12-13,20H,2-5,8,11,14-18H2,1H3/b7-6+,10-9+,13-12+. The molecule has 4 heteroatoms. The van der Waals surface area contributed by atoms with Gasteiger partial charge in [-0.2, -0.15) is 0 Å². The van der Waals surface area contributed by atoms with Gasteiger partial charge in [-0.15, -0.1) is 0 Å². The first kappa shape index (κ1) is 22.3. The van der Waals surface area contributed by atoms with Crippen LogP contribution >= 0.6 is 0 Å². The van der Waals surface area contributed by atoms with Gasteiger partial charge in [0.2, 0.25) is 0 Å². The molecule has 0 saturated carbocycles. The monoisotopic (exact) mass is 334 g/mol. The minimum absolute atomic E-state index is 0.301. The number of nitrogens with zero attached hydrogens (tertiary/aromatic N) is 1. The Morgan fingerprint density at radius 2 is 1.42 bits per heavy atom. The van der Waals surface area contributed by atoms with Crippen LogP contribution in [0.25, 0.3) is 0 Å². The summed E-state index contributed by atoms with van der Waals surface area (Å²) >= 11 is 0. The van der Waals surface area contributed by atoms with Gasteiger partial charge in [-0.25, -0.2) is 0 Å². The lowest BCUT2D eigenvalue weighted by Gasteiger charge is -2.00. The number of nitro groups is 1. The Hall–Kier alpha value is -1.71. The molecule has 0 aromatic rings. The molecule has 0 N–H and O–H groups in total. The number of hydrogen-bond donors (Lipinski definition) is 0. The number of unbranched alkanes of at least 4 members (excludes halogenated alkanes) is 6. The zero-order chi connectivity index (χ0) is 17.9. The second-order valence-corrected chi connectivity index (χ2v) is 5.94. The molecule has 0 saturated heterocycles. The van der Waals surface area contributed by atoms with Crippen LogP contribution in [-0.4, -0.2) is 17.3 Å². The molecule has 135 valence electrons. The van der Waals surface area contributed by atoms with E-state index in [1.165, 1.54) is 32.0 Å². The van der Waals surface area contributed by atoms with Crippen molar-refractivity contribution in [1.29, 1.82) is 0 Å². The summed E-state index contributed by atoms with van der Waals surface area (Å²) in [6.07, 6.45) is 25.6. The van der Waals surface area contributed by atoms with E-state index in [9.17, 15) is 14.9 Å². The summed E-state index contributed by atoms with van der Waals surface area (Å²) < 4.78 is 0. The molecule has 0 aliphatic carbocycles. The van der Waals surface area contributed by atoms with E-state index >= 15 is 0 Å². The normalized spacial score (nSPS) is 13.2. The average Bonchev–Trinajstić information content (AvgIpc) is 2.57. The lowest BCUT2D eigenvalue weighted by molar-refractivity contribution is -0.503. The first-order valence-corrected chi connectivity index (χ1v) is 9.18. The molecule has 0 bridgehead atoms. The van der Waals surface area contributed by atoms with Gasteiger partial charge >= 0.3 is 0 Å². The van der Waals surface area contributed by atoms with Crippen LogP contribution in [0.3, 0.4) is 0 Å². The quantitative estimate of drug-likeness (QED) is 0.157. The van der Waals surface area contributed by atoms with Crippen LogP contribution in [0, 0.1) is 10.1 Å². The van der Waals surface area contributed by atoms with Crippen molar-refractivity contribution in [2.75, 3.05) is 0 Å². The Bertz CT molecular complexity index is 400. The zero-order valence-electron chi connectivity index (χ0n) is 15.0. The fraction of sp³-hybridized carbons (Fsp3) is 0.650. The van der Waals surface area contributed by atoms with Crippen molar-refractivity contribution < 1.29 is 9.72 Å². The highest BCUT2D eigenvalue weighted by atomic mass is 16.6. The Kier molecular flexibility index (Phi) is 16.4. The lowest BCUT2D eigenvalue weighted by atomic mass is 10.1. The summed E-state index contributed by atoms with van der Waals surface area (Å²) in [7, 11) is 0. The average molecular weight is 334 g/mol. The van der Waals surface area contributed by atoms with Gasteiger partial charge in [0.15, 0.2) is 0 Å². The largest absolute Gasteiger partial charge is 0.283 e. The first-order valence-electron chi connectivity index (χ1n) is 9.18. The van der Waals surface area contributed by atoms with Crippen LogP contribution in [0.5, 0.6) is 0 Å². The summed E-state index contributed by atoms with van der Waals surface area (Å²) in [5.41, 5.74) is 0. The first-order chi connectivity index (χ1) is 11.7. The van der Waals surface area contributed by atoms with Crippen molar-refractivity contribution in [3.05, 3.63) is 46.6 Å². The van der Waals surface area contributed by atoms with Crippen molar-refractivity contribution in [3.63, 3.8) is 0 Å². The number of allylic oxidation sites excluding steroid dienone is 6. The second-order valence-electron chi connectivity index (χ2n) is 5.94. The highest BCUT2D eigenvalue weighted by Gasteiger charge is 2.18. The molecule has 1 atom stereocenters. The topological polar surface area (TPSA) is 60.2 Å². The Morgan fingerprint density at radius 1 is 0.875 bits per heavy atom. The van der Waals surface area contributed by atoms with Crippen molar-refractivity contribution in [3.8, 4) is 0 Å². The van der Waals surface area contributed by atoms with Gasteiger partial charge in [0, 0.05) is 11.3 Å². The maximum absolute atomic E-state index is 10.4. The Labute approximate surface area is 146 Å². The molecule has 0 aromatic carbocycles. The smallest absolute Gasteiger partial charge is 0.278 e. The molecule has 4 nitrogen and oxygen atoms in total. The van der Waals surface area contributed by atoms with E-state index in [1.54, 1.807) is 0 Å². The Balaban J connectivity index is 3.45. The molecular formula is C20H32NO3. The van der Waals surface area contributed by atoms with E-state index < -0.39 is 11.0 Å². The zero-order valence-corrected chi connectivity index (χ0v) is 15.0. The number of rotatable bonds is 16. The van der Waals surface area contributed by atoms with Gasteiger partial charge in [0.1, 0.15) is 0 Å². The van der Waals surface area contributed by atoms with E-state index in [1.807, 2.05) is 0 Å². The highest BCUT2D eigenvalue weighted by Crippen LogP contribution is 2.07. The van der Waals surface area contributed by atoms with Gasteiger partial charge in [0.25, 0.3) is 12.3 Å². The third kappa shape index (κ3) is 15.2. The molecule has 1 unspecified atom stereocenters. The number of hydrogen-bond acceptors (Lipinski definition) is 3. The predicted molar refractivity (Wildman–Crippen MR) is 100 cm³/mol. The summed E-state index contributed by atoms with van der Waals surface area (Å²) in [5.74, 6) is 0. The molecule has 1 radical (unpaired) electrons. The van der Waals surface area contributed by atoms with E-state index in [4.69, 9.17) is 0 Å². The van der Waals surface area contributed by atoms with Crippen LogP contribution in [0.1, 0.15) is 77.6 Å². The van der Waals surface area contributed by atoms with Gasteiger partial charge < -0.3 is 0 Å². The van der Waals surface area contributed by atoms with Crippen molar-refractivity contribution in [2.45, 2.75) is 83.6 Å². The van der Waals surface area contributed by atoms with E-state index in [-0.39, 0.29) is 0 Å². The minimum atomic E-state index is -1.15. The van der Waals surface area contributed by atoms with Crippen LogP contribution in [0.4, 0.5) is 0 Å². The molecular weight excluding hydrogens is 302 g/mol. The maximum atomic E-state index is 10.4. The fourth-order valence-electron chi connectivity index (χ4n) is 2.27. The van der Waals surface area contributed by atoms with Crippen molar-refractivity contribution >= 4 is 6.29 Å². The third-order valence-corrected chi connectivity index (χ3v) is 3.76. The van der Waals surface area contributed by atoms with E-state index in [2.05, 4.69) is 43.4 Å². The fourth-order valence-corrected chi connectivity index (χ4v) is 2.27. The molecule has 0 aromatic heterocycles. The van der Waals surface area contributed by atoms with Crippen molar-refractivity contribution in [1.82, 2.24) is 0 Å². The molecule has 0 spiro atoms. The molecule has 0 aliphatic heterocycles. The van der Waals surface area contributed by atoms with Gasteiger partial charge in [-0.1, -0.05) is 62.6 Å². The van der Waals surface area contributed by atoms with Gasteiger partial charge in [0.05, 0.1) is 0 Å².